The summed E-state index contributed by atoms with van der Waals surface area (Å²) in [6.45, 7) is 4.19. The number of carbonyl (C=O) groups is 1. The topological polar surface area (TPSA) is 39.3 Å². The van der Waals surface area contributed by atoms with E-state index in [0.717, 1.165) is 56.6 Å². The minimum absolute atomic E-state index is 0.202. The SMILES string of the molecule is O=C(CCc1c[nH]c2ccccc12)N1CCCN(Cc2ccc(F)cc2)CC1. The molecule has 0 bridgehead atoms. The second-order valence-electron chi connectivity index (χ2n) is 7.50. The van der Waals surface area contributed by atoms with Crippen LogP contribution in [0.5, 0.6) is 0 Å². The van der Waals surface area contributed by atoms with Crippen LogP contribution in [0, 0.1) is 5.82 Å². The lowest BCUT2D eigenvalue weighted by molar-refractivity contribution is -0.131. The van der Waals surface area contributed by atoms with Crippen molar-refractivity contribution in [2.24, 2.45) is 0 Å². The third kappa shape index (κ3) is 4.42. The van der Waals surface area contributed by atoms with E-state index in [2.05, 4.69) is 22.0 Å². The highest BCUT2D eigenvalue weighted by molar-refractivity contribution is 5.84. The van der Waals surface area contributed by atoms with Gasteiger partial charge >= 0.3 is 0 Å². The number of nitrogens with zero attached hydrogens (tertiary/aromatic N) is 2. The lowest BCUT2D eigenvalue weighted by Crippen LogP contribution is -2.35. The van der Waals surface area contributed by atoms with Gasteiger partial charge in [0.25, 0.3) is 0 Å². The minimum Gasteiger partial charge on any atom is -0.361 e. The molecule has 1 fully saturated rings. The Morgan fingerprint density at radius 1 is 1.00 bits per heavy atom. The summed E-state index contributed by atoms with van der Waals surface area (Å²) >= 11 is 0. The van der Waals surface area contributed by atoms with Gasteiger partial charge in [0, 0.05) is 56.2 Å². The van der Waals surface area contributed by atoms with Crippen LogP contribution in [-0.4, -0.2) is 46.9 Å². The molecule has 0 unspecified atom stereocenters. The van der Waals surface area contributed by atoms with Crippen LogP contribution < -0.4 is 0 Å². The van der Waals surface area contributed by atoms with E-state index in [1.165, 1.54) is 23.1 Å². The average molecular weight is 379 g/mol. The van der Waals surface area contributed by atoms with E-state index in [4.69, 9.17) is 0 Å². The van der Waals surface area contributed by atoms with Crippen LogP contribution in [0.4, 0.5) is 4.39 Å². The molecule has 1 amide bonds. The molecule has 0 spiro atoms. The predicted molar refractivity (Wildman–Crippen MR) is 109 cm³/mol. The Bertz CT molecular complexity index is 934. The molecule has 1 saturated heterocycles. The standard InChI is InChI=1S/C23H26FN3O/c24-20-9-6-18(7-10-20)17-26-12-3-13-27(15-14-26)23(28)11-8-19-16-25-22-5-2-1-4-21(19)22/h1-2,4-7,9-10,16,25H,3,8,11-15,17H2. The van der Waals surface area contributed by atoms with Gasteiger partial charge in [-0.15, -0.1) is 0 Å². The molecule has 1 N–H and O–H groups in total. The summed E-state index contributed by atoms with van der Waals surface area (Å²) in [4.78, 5) is 20.4. The van der Waals surface area contributed by atoms with E-state index >= 15 is 0 Å². The summed E-state index contributed by atoms with van der Waals surface area (Å²) in [5.41, 5.74) is 3.44. The number of hydrogen-bond donors (Lipinski definition) is 1. The smallest absolute Gasteiger partial charge is 0.222 e. The zero-order chi connectivity index (χ0) is 19.3. The summed E-state index contributed by atoms with van der Waals surface area (Å²) in [6.07, 6.45) is 4.29. The third-order valence-electron chi connectivity index (χ3n) is 5.54. The number of halogens is 1. The highest BCUT2D eigenvalue weighted by Crippen LogP contribution is 2.19. The largest absolute Gasteiger partial charge is 0.361 e. The van der Waals surface area contributed by atoms with Crippen molar-refractivity contribution in [2.75, 3.05) is 26.2 Å². The Morgan fingerprint density at radius 2 is 1.82 bits per heavy atom. The average Bonchev–Trinajstić information content (AvgIpc) is 2.98. The Balaban J connectivity index is 1.30. The van der Waals surface area contributed by atoms with E-state index in [9.17, 15) is 9.18 Å². The van der Waals surface area contributed by atoms with E-state index < -0.39 is 0 Å². The van der Waals surface area contributed by atoms with Crippen LogP contribution >= 0.6 is 0 Å². The number of H-pyrrole nitrogens is 1. The van der Waals surface area contributed by atoms with E-state index in [1.54, 1.807) is 0 Å². The van der Waals surface area contributed by atoms with Crippen molar-refractivity contribution in [2.45, 2.75) is 25.8 Å². The number of aryl methyl sites for hydroxylation is 1. The fourth-order valence-electron chi connectivity index (χ4n) is 3.96. The summed E-state index contributed by atoms with van der Waals surface area (Å²) in [7, 11) is 0. The summed E-state index contributed by atoms with van der Waals surface area (Å²) in [5.74, 6) is 0.0282. The van der Waals surface area contributed by atoms with Crippen molar-refractivity contribution in [3.8, 4) is 0 Å². The number of rotatable bonds is 5. The summed E-state index contributed by atoms with van der Waals surface area (Å²) in [6, 6.07) is 14.9. The van der Waals surface area contributed by atoms with Crippen molar-refractivity contribution in [3.63, 3.8) is 0 Å². The molecular weight excluding hydrogens is 353 g/mol. The van der Waals surface area contributed by atoms with Crippen molar-refractivity contribution < 1.29 is 9.18 Å². The molecule has 3 aromatic rings. The second kappa shape index (κ2) is 8.57. The first-order valence-electron chi connectivity index (χ1n) is 9.98. The van der Waals surface area contributed by atoms with Crippen LogP contribution in [0.25, 0.3) is 10.9 Å². The normalized spacial score (nSPS) is 15.7. The van der Waals surface area contributed by atoms with Crippen LogP contribution in [0.2, 0.25) is 0 Å². The lowest BCUT2D eigenvalue weighted by atomic mass is 10.1. The van der Waals surface area contributed by atoms with Gasteiger partial charge in [-0.2, -0.15) is 0 Å². The highest BCUT2D eigenvalue weighted by atomic mass is 19.1. The molecule has 0 aliphatic carbocycles. The summed E-state index contributed by atoms with van der Waals surface area (Å²) < 4.78 is 13.1. The van der Waals surface area contributed by atoms with Crippen LogP contribution in [-0.2, 0) is 17.8 Å². The van der Waals surface area contributed by atoms with Gasteiger partial charge in [-0.05, 0) is 42.2 Å². The van der Waals surface area contributed by atoms with Crippen molar-refractivity contribution in [1.82, 2.24) is 14.8 Å². The minimum atomic E-state index is -0.202. The van der Waals surface area contributed by atoms with Gasteiger partial charge in [0.15, 0.2) is 0 Å². The Morgan fingerprint density at radius 3 is 2.68 bits per heavy atom. The maximum atomic E-state index is 13.1. The number of fused-ring (bicyclic) bond motifs is 1. The Kier molecular flexibility index (Phi) is 5.72. The van der Waals surface area contributed by atoms with Crippen molar-refractivity contribution in [1.29, 1.82) is 0 Å². The van der Waals surface area contributed by atoms with E-state index in [-0.39, 0.29) is 11.7 Å². The van der Waals surface area contributed by atoms with Gasteiger partial charge in [-0.3, -0.25) is 9.69 Å². The van der Waals surface area contributed by atoms with Gasteiger partial charge in [-0.25, -0.2) is 4.39 Å². The molecule has 146 valence electrons. The number of nitrogens with one attached hydrogen (secondary N) is 1. The van der Waals surface area contributed by atoms with Gasteiger partial charge < -0.3 is 9.88 Å². The monoisotopic (exact) mass is 379 g/mol. The fourth-order valence-corrected chi connectivity index (χ4v) is 3.96. The molecule has 2 heterocycles. The maximum absolute atomic E-state index is 13.1. The summed E-state index contributed by atoms with van der Waals surface area (Å²) in [5, 5.41) is 1.21. The number of para-hydroxylation sites is 1. The molecule has 1 aromatic heterocycles. The Labute approximate surface area is 165 Å². The molecule has 0 atom stereocenters. The van der Waals surface area contributed by atoms with Gasteiger partial charge in [-0.1, -0.05) is 30.3 Å². The fraction of sp³-hybridized carbons (Fsp3) is 0.348. The molecule has 0 radical (unpaired) electrons. The van der Waals surface area contributed by atoms with Crippen LogP contribution in [0.3, 0.4) is 0 Å². The quantitative estimate of drug-likeness (QED) is 0.728. The number of amides is 1. The molecule has 1 aliphatic rings. The van der Waals surface area contributed by atoms with Gasteiger partial charge in [0.05, 0.1) is 0 Å². The first-order chi connectivity index (χ1) is 13.7. The molecule has 28 heavy (non-hydrogen) atoms. The van der Waals surface area contributed by atoms with Gasteiger partial charge in [0.1, 0.15) is 5.82 Å². The van der Waals surface area contributed by atoms with Gasteiger partial charge in [0.2, 0.25) is 5.91 Å². The molecule has 4 rings (SSSR count). The number of benzene rings is 2. The molecule has 2 aromatic carbocycles. The number of hydrogen-bond acceptors (Lipinski definition) is 2. The third-order valence-corrected chi connectivity index (χ3v) is 5.54. The number of carbonyl (C=O) groups excluding carboxylic acids is 1. The molecule has 0 saturated carbocycles. The van der Waals surface area contributed by atoms with Crippen LogP contribution in [0.15, 0.2) is 54.7 Å². The Hall–Kier alpha value is -2.66. The lowest BCUT2D eigenvalue weighted by Gasteiger charge is -2.22. The first-order valence-corrected chi connectivity index (χ1v) is 9.98. The molecular formula is C23H26FN3O. The van der Waals surface area contributed by atoms with E-state index in [1.807, 2.05) is 35.4 Å². The molecule has 5 heteroatoms. The van der Waals surface area contributed by atoms with Crippen molar-refractivity contribution >= 4 is 16.8 Å². The van der Waals surface area contributed by atoms with E-state index in [0.29, 0.717) is 6.42 Å². The maximum Gasteiger partial charge on any atom is 0.222 e. The van der Waals surface area contributed by atoms with Crippen molar-refractivity contribution in [3.05, 3.63) is 71.7 Å². The first kappa shape index (κ1) is 18.7. The van der Waals surface area contributed by atoms with Crippen LogP contribution in [0.1, 0.15) is 24.0 Å². The molecule has 4 nitrogen and oxygen atoms in total. The number of aromatic nitrogens is 1. The molecule has 1 aliphatic heterocycles. The second-order valence-corrected chi connectivity index (χ2v) is 7.50. The number of aromatic amines is 1. The predicted octanol–water partition coefficient (Wildman–Crippen LogP) is 3.97. The highest BCUT2D eigenvalue weighted by Gasteiger charge is 2.19. The zero-order valence-electron chi connectivity index (χ0n) is 16.0. The zero-order valence-corrected chi connectivity index (χ0v) is 16.0.